The zero-order valence-electron chi connectivity index (χ0n) is 18.4. The van der Waals surface area contributed by atoms with Crippen LogP contribution in [0.2, 0.25) is 5.02 Å². The lowest BCUT2D eigenvalue weighted by Gasteiger charge is -2.09. The third kappa shape index (κ3) is 5.54. The van der Waals surface area contributed by atoms with E-state index >= 15 is 0 Å². The summed E-state index contributed by atoms with van der Waals surface area (Å²) < 4.78 is 48.0. The van der Waals surface area contributed by atoms with Crippen LogP contribution in [0.3, 0.4) is 0 Å². The van der Waals surface area contributed by atoms with E-state index in [4.69, 9.17) is 11.6 Å². The molecule has 0 radical (unpaired) electrons. The summed E-state index contributed by atoms with van der Waals surface area (Å²) in [5.74, 6) is 0. The molecular formula is C22H19Br2ClN2O5S2. The van der Waals surface area contributed by atoms with Gasteiger partial charge >= 0.3 is 0 Å². The lowest BCUT2D eigenvalue weighted by Crippen LogP contribution is -2.17. The number of nitrogens with zero attached hydrogens (tertiary/aromatic N) is 1. The van der Waals surface area contributed by atoms with Gasteiger partial charge in [-0.05, 0) is 50.2 Å². The summed E-state index contributed by atoms with van der Waals surface area (Å²) in [6.07, 6.45) is 2.17. The summed E-state index contributed by atoms with van der Waals surface area (Å²) in [5.41, 5.74) is 1.64. The molecule has 2 aromatic heterocycles. The molecule has 0 aliphatic carbocycles. The van der Waals surface area contributed by atoms with Gasteiger partial charge in [0.2, 0.25) is 5.43 Å². The minimum atomic E-state index is -3.53. The van der Waals surface area contributed by atoms with Crippen LogP contribution in [0.5, 0.6) is 0 Å². The molecular weight excluding hydrogens is 632 g/mol. The molecule has 0 aliphatic rings. The van der Waals surface area contributed by atoms with Crippen LogP contribution >= 0.6 is 43.5 Å². The molecule has 0 bridgehead atoms. The number of H-pyrrole nitrogens is 1. The molecule has 4 rings (SSSR count). The lowest BCUT2D eigenvalue weighted by atomic mass is 10.2. The van der Waals surface area contributed by atoms with Crippen molar-refractivity contribution in [3.8, 4) is 0 Å². The zero-order valence-corrected chi connectivity index (χ0v) is 24.0. The highest BCUT2D eigenvalue weighted by Gasteiger charge is 2.20. The number of aromatic amines is 1. The van der Waals surface area contributed by atoms with Crippen LogP contribution < -0.4 is 5.43 Å². The summed E-state index contributed by atoms with van der Waals surface area (Å²) in [5, 5.41) is 1.23. The van der Waals surface area contributed by atoms with Crippen molar-refractivity contribution in [2.75, 3.05) is 12.5 Å². The summed E-state index contributed by atoms with van der Waals surface area (Å²) in [6.45, 7) is 3.23. The Morgan fingerprint density at radius 1 is 0.853 bits per heavy atom. The molecule has 0 fully saturated rings. The standard InChI is InChI=1S/C11H9BrClNO2S.C11H10BrNO3S/c1-6-11(17(2,15)16)10(13)8-5-7(12)3-4-9(8)14-6;1-6-11(17(2,15)16)10(14)8-5-7(12)3-4-9(8)13-6/h3-5H,1-2H3;3-5H,1-2H3,(H,13,14). The van der Waals surface area contributed by atoms with Gasteiger partial charge in [0, 0.05) is 43.4 Å². The molecule has 0 saturated heterocycles. The monoisotopic (exact) mass is 648 g/mol. The quantitative estimate of drug-likeness (QED) is 0.312. The van der Waals surface area contributed by atoms with E-state index in [1.807, 2.05) is 6.07 Å². The van der Waals surface area contributed by atoms with E-state index in [1.54, 1.807) is 44.2 Å². The van der Waals surface area contributed by atoms with Gasteiger partial charge in [0.25, 0.3) is 0 Å². The van der Waals surface area contributed by atoms with Crippen molar-refractivity contribution < 1.29 is 16.8 Å². The van der Waals surface area contributed by atoms with Gasteiger partial charge in [-0.3, -0.25) is 9.78 Å². The Balaban J connectivity index is 0.000000191. The van der Waals surface area contributed by atoms with Crippen molar-refractivity contribution in [2.45, 2.75) is 23.6 Å². The number of fused-ring (bicyclic) bond motifs is 2. The van der Waals surface area contributed by atoms with Gasteiger partial charge in [0.1, 0.15) is 9.79 Å². The Kier molecular flexibility index (Phi) is 7.64. The van der Waals surface area contributed by atoms with Crippen LogP contribution in [-0.2, 0) is 19.7 Å². The molecule has 34 heavy (non-hydrogen) atoms. The first kappa shape index (κ1) is 26.8. The molecule has 4 aromatic rings. The normalized spacial score (nSPS) is 12.0. The highest BCUT2D eigenvalue weighted by atomic mass is 79.9. The third-order valence-electron chi connectivity index (χ3n) is 4.85. The van der Waals surface area contributed by atoms with Crippen molar-refractivity contribution in [3.05, 3.63) is 72.0 Å². The fourth-order valence-corrected chi connectivity index (χ4v) is 7.04. The van der Waals surface area contributed by atoms with Gasteiger partial charge in [-0.1, -0.05) is 43.5 Å². The Morgan fingerprint density at radius 3 is 1.94 bits per heavy atom. The van der Waals surface area contributed by atoms with E-state index in [0.717, 1.165) is 21.5 Å². The molecule has 7 nitrogen and oxygen atoms in total. The SMILES string of the molecule is Cc1[nH]c2ccc(Br)cc2c(=O)c1S(C)(=O)=O.Cc1nc2ccc(Br)cc2c(Cl)c1S(C)(=O)=O. The van der Waals surface area contributed by atoms with Crippen LogP contribution in [-0.4, -0.2) is 39.3 Å². The van der Waals surface area contributed by atoms with Crippen molar-refractivity contribution in [1.29, 1.82) is 0 Å². The molecule has 0 aliphatic heterocycles. The molecule has 0 spiro atoms. The predicted octanol–water partition coefficient (Wildman–Crippen LogP) is 5.37. The van der Waals surface area contributed by atoms with E-state index in [-0.39, 0.29) is 14.8 Å². The average molecular weight is 651 g/mol. The van der Waals surface area contributed by atoms with Crippen LogP contribution in [0.4, 0.5) is 0 Å². The maximum Gasteiger partial charge on any atom is 0.208 e. The first-order chi connectivity index (χ1) is 15.6. The summed E-state index contributed by atoms with van der Waals surface area (Å²) in [6, 6.07) is 10.5. The van der Waals surface area contributed by atoms with Gasteiger partial charge in [-0.15, -0.1) is 0 Å². The number of aromatic nitrogens is 2. The number of hydrogen-bond donors (Lipinski definition) is 1. The number of halogens is 3. The Hall–Kier alpha value is -1.79. The summed E-state index contributed by atoms with van der Waals surface area (Å²) in [7, 11) is -6.91. The molecule has 2 aromatic carbocycles. The smallest absolute Gasteiger partial charge is 0.208 e. The zero-order chi connectivity index (χ0) is 25.6. The summed E-state index contributed by atoms with van der Waals surface area (Å²) in [4.78, 5) is 19.3. The number of rotatable bonds is 2. The van der Waals surface area contributed by atoms with E-state index in [1.165, 1.54) is 0 Å². The fraction of sp³-hybridized carbons (Fsp3) is 0.182. The van der Waals surface area contributed by atoms with Crippen molar-refractivity contribution in [2.24, 2.45) is 0 Å². The molecule has 0 atom stereocenters. The molecule has 0 unspecified atom stereocenters. The van der Waals surface area contributed by atoms with E-state index in [2.05, 4.69) is 41.8 Å². The van der Waals surface area contributed by atoms with E-state index in [9.17, 15) is 21.6 Å². The number of aryl methyl sites for hydroxylation is 2. The predicted molar refractivity (Wildman–Crippen MR) is 142 cm³/mol. The molecule has 0 saturated carbocycles. The third-order valence-corrected chi connectivity index (χ3v) is 8.81. The Labute approximate surface area is 218 Å². The van der Waals surface area contributed by atoms with Gasteiger partial charge in [-0.2, -0.15) is 0 Å². The second-order valence-electron chi connectivity index (χ2n) is 7.64. The van der Waals surface area contributed by atoms with Crippen LogP contribution in [0.15, 0.2) is 59.9 Å². The van der Waals surface area contributed by atoms with Crippen molar-refractivity contribution >= 4 is 84.9 Å². The second-order valence-corrected chi connectivity index (χ2v) is 13.8. The molecule has 0 amide bonds. The van der Waals surface area contributed by atoms with Crippen LogP contribution in [0.25, 0.3) is 21.8 Å². The van der Waals surface area contributed by atoms with Crippen molar-refractivity contribution in [1.82, 2.24) is 9.97 Å². The Morgan fingerprint density at radius 2 is 1.38 bits per heavy atom. The van der Waals surface area contributed by atoms with Crippen LogP contribution in [0, 0.1) is 13.8 Å². The average Bonchev–Trinajstić information content (AvgIpc) is 2.68. The fourth-order valence-electron chi connectivity index (χ4n) is 3.54. The maximum atomic E-state index is 12.1. The van der Waals surface area contributed by atoms with Gasteiger partial charge in [0.15, 0.2) is 19.7 Å². The molecule has 180 valence electrons. The van der Waals surface area contributed by atoms with Gasteiger partial charge in [-0.25, -0.2) is 16.8 Å². The number of sulfone groups is 2. The molecule has 12 heteroatoms. The minimum absolute atomic E-state index is 0.102. The Bertz CT molecular complexity index is 1730. The van der Waals surface area contributed by atoms with Gasteiger partial charge < -0.3 is 4.98 Å². The van der Waals surface area contributed by atoms with Gasteiger partial charge in [0.05, 0.1) is 16.2 Å². The van der Waals surface area contributed by atoms with Crippen LogP contribution in [0.1, 0.15) is 11.4 Å². The topological polar surface area (TPSA) is 114 Å². The second kappa shape index (κ2) is 9.69. The van der Waals surface area contributed by atoms with E-state index in [0.29, 0.717) is 33.2 Å². The maximum absolute atomic E-state index is 12.1. The largest absolute Gasteiger partial charge is 0.357 e. The first-order valence-electron chi connectivity index (χ1n) is 9.59. The highest BCUT2D eigenvalue weighted by Crippen LogP contribution is 2.32. The van der Waals surface area contributed by atoms with Crippen molar-refractivity contribution in [3.63, 3.8) is 0 Å². The number of nitrogens with one attached hydrogen (secondary N) is 1. The molecule has 2 heterocycles. The highest BCUT2D eigenvalue weighted by molar-refractivity contribution is 9.10. The molecule has 1 N–H and O–H groups in total. The first-order valence-corrected chi connectivity index (χ1v) is 15.3. The number of benzene rings is 2. The number of hydrogen-bond acceptors (Lipinski definition) is 6. The number of pyridine rings is 2. The lowest BCUT2D eigenvalue weighted by molar-refractivity contribution is 0.598. The minimum Gasteiger partial charge on any atom is -0.357 e. The van der Waals surface area contributed by atoms with E-state index < -0.39 is 25.1 Å². The summed E-state index contributed by atoms with van der Waals surface area (Å²) >= 11 is 12.7.